The van der Waals surface area contributed by atoms with Crippen LogP contribution in [0.15, 0.2) is 66.7 Å². The van der Waals surface area contributed by atoms with Crippen LogP contribution in [-0.2, 0) is 11.3 Å². The Morgan fingerprint density at radius 2 is 1.69 bits per heavy atom. The number of ether oxygens (including phenoxy) is 2. The second kappa shape index (κ2) is 10.4. The summed E-state index contributed by atoms with van der Waals surface area (Å²) < 4.78 is 11.1. The molecule has 0 atom stereocenters. The van der Waals surface area contributed by atoms with Gasteiger partial charge < -0.3 is 29.8 Å². The van der Waals surface area contributed by atoms with Crippen molar-refractivity contribution in [1.82, 2.24) is 15.0 Å². The molecule has 0 unspecified atom stereocenters. The first-order valence-corrected chi connectivity index (χ1v) is 11.7. The lowest BCUT2D eigenvalue weighted by Crippen LogP contribution is -2.30. The molecule has 0 aliphatic rings. The van der Waals surface area contributed by atoms with Gasteiger partial charge in [0.15, 0.2) is 5.82 Å². The highest BCUT2D eigenvalue weighted by molar-refractivity contribution is 6.61. The maximum Gasteiger partial charge on any atom is 0.490 e. The summed E-state index contributed by atoms with van der Waals surface area (Å²) in [5.74, 6) is 1.83. The lowest BCUT2D eigenvalue weighted by Gasteiger charge is -2.14. The average Bonchev–Trinajstić information content (AvgIpc) is 3.23. The van der Waals surface area contributed by atoms with E-state index in [1.54, 1.807) is 19.2 Å². The summed E-state index contributed by atoms with van der Waals surface area (Å²) in [6, 6.07) is 21.3. The maximum atomic E-state index is 9.86. The van der Waals surface area contributed by atoms with E-state index in [9.17, 15) is 10.0 Å². The van der Waals surface area contributed by atoms with E-state index in [4.69, 9.17) is 19.4 Å². The van der Waals surface area contributed by atoms with Crippen molar-refractivity contribution in [3.63, 3.8) is 0 Å². The number of benzene rings is 3. The van der Waals surface area contributed by atoms with Crippen LogP contribution < -0.4 is 15.5 Å². The first-order valence-electron chi connectivity index (χ1n) is 11.7. The van der Waals surface area contributed by atoms with Gasteiger partial charge in [0.2, 0.25) is 0 Å². The van der Waals surface area contributed by atoms with Gasteiger partial charge in [0.25, 0.3) is 0 Å². The van der Waals surface area contributed by atoms with Crippen molar-refractivity contribution in [2.24, 2.45) is 0 Å². The van der Waals surface area contributed by atoms with Gasteiger partial charge in [0.1, 0.15) is 23.7 Å². The number of aromatic nitrogens is 3. The Morgan fingerprint density at radius 3 is 2.47 bits per heavy atom. The quantitative estimate of drug-likeness (QED) is 0.188. The number of nitrogens with zero attached hydrogens (tertiary/aromatic N) is 2. The third kappa shape index (κ3) is 4.64. The highest BCUT2D eigenvalue weighted by Gasteiger charge is 2.22. The summed E-state index contributed by atoms with van der Waals surface area (Å²) in [5, 5.41) is 24.9. The van der Waals surface area contributed by atoms with Gasteiger partial charge in [0.05, 0.1) is 6.61 Å². The van der Waals surface area contributed by atoms with Crippen molar-refractivity contribution >= 4 is 40.2 Å². The lowest BCUT2D eigenvalue weighted by molar-refractivity contribution is 0.147. The number of para-hydroxylation sites is 2. The molecule has 0 aliphatic carbocycles. The summed E-state index contributed by atoms with van der Waals surface area (Å²) in [6.45, 7) is 3.37. The largest absolute Gasteiger partial charge is 0.490 e. The maximum absolute atomic E-state index is 9.86. The minimum Gasteiger partial charge on any atom is -0.489 e. The fourth-order valence-corrected chi connectivity index (χ4v) is 4.38. The molecule has 9 heteroatoms. The van der Waals surface area contributed by atoms with Crippen molar-refractivity contribution in [1.29, 1.82) is 0 Å². The third-order valence-electron chi connectivity index (χ3n) is 6.09. The van der Waals surface area contributed by atoms with Gasteiger partial charge in [-0.05, 0) is 24.6 Å². The van der Waals surface area contributed by atoms with Crippen molar-refractivity contribution < 1.29 is 19.5 Å². The van der Waals surface area contributed by atoms with Gasteiger partial charge in [-0.25, -0.2) is 9.97 Å². The molecule has 0 radical (unpaired) electrons. The highest BCUT2D eigenvalue weighted by Crippen LogP contribution is 2.35. The van der Waals surface area contributed by atoms with E-state index < -0.39 is 7.12 Å². The van der Waals surface area contributed by atoms with Crippen LogP contribution in [0.25, 0.3) is 33.2 Å². The molecule has 0 saturated heterocycles. The van der Waals surface area contributed by atoms with Crippen molar-refractivity contribution in [2.75, 3.05) is 25.6 Å². The summed E-state index contributed by atoms with van der Waals surface area (Å²) in [5.41, 5.74) is 4.47. The van der Waals surface area contributed by atoms with E-state index in [-0.39, 0.29) is 0 Å². The first kappa shape index (κ1) is 23.8. The number of anilines is 1. The predicted molar refractivity (Wildman–Crippen MR) is 143 cm³/mol. The molecule has 0 spiro atoms. The molecule has 8 nitrogen and oxygen atoms in total. The molecule has 0 amide bonds. The van der Waals surface area contributed by atoms with Gasteiger partial charge in [-0.3, -0.25) is 0 Å². The molecule has 5 aromatic rings. The van der Waals surface area contributed by atoms with Crippen LogP contribution in [0.1, 0.15) is 11.3 Å². The fourth-order valence-electron chi connectivity index (χ4n) is 4.38. The van der Waals surface area contributed by atoms with E-state index in [1.165, 1.54) is 0 Å². The SMILES string of the molecule is COCCOc1cccc2c(NCc3ccccc3)nc(-c3c(C)[nH]c4c(B(O)O)cccc34)nc12. The van der Waals surface area contributed by atoms with Gasteiger partial charge in [-0.2, -0.15) is 0 Å². The second-order valence-corrected chi connectivity index (χ2v) is 8.50. The molecule has 36 heavy (non-hydrogen) atoms. The number of hydrogen-bond acceptors (Lipinski definition) is 7. The summed E-state index contributed by atoms with van der Waals surface area (Å²) in [6.07, 6.45) is 0. The van der Waals surface area contributed by atoms with E-state index in [0.29, 0.717) is 53.6 Å². The fraction of sp³-hybridized carbons (Fsp3) is 0.185. The average molecular weight is 482 g/mol. The summed E-state index contributed by atoms with van der Waals surface area (Å²) >= 11 is 0. The molecule has 2 heterocycles. The zero-order chi connectivity index (χ0) is 25.1. The normalized spacial score (nSPS) is 11.2. The molecule has 0 saturated carbocycles. The number of aromatic amines is 1. The summed E-state index contributed by atoms with van der Waals surface area (Å²) in [4.78, 5) is 13.2. The van der Waals surface area contributed by atoms with E-state index in [2.05, 4.69) is 22.4 Å². The molecule has 0 bridgehead atoms. The number of nitrogens with one attached hydrogen (secondary N) is 2. The van der Waals surface area contributed by atoms with Crippen molar-refractivity contribution in [3.8, 4) is 17.1 Å². The Labute approximate surface area is 209 Å². The summed E-state index contributed by atoms with van der Waals surface area (Å²) in [7, 11) is 0.0383. The van der Waals surface area contributed by atoms with Crippen LogP contribution in [0.2, 0.25) is 0 Å². The monoisotopic (exact) mass is 482 g/mol. The predicted octanol–water partition coefficient (Wildman–Crippen LogP) is 3.40. The topological polar surface area (TPSA) is 113 Å². The standard InChI is InChI=1S/C27H27BN4O4/c1-17-23(19-10-6-12-21(28(33)34)24(19)30-17)27-31-25-20(11-7-13-22(25)36-15-14-35-2)26(32-27)29-16-18-8-4-3-5-9-18/h3-13,30,33-34H,14-16H2,1-2H3,(H,29,31,32). The van der Waals surface area contributed by atoms with Crippen LogP contribution >= 0.6 is 0 Å². The van der Waals surface area contributed by atoms with Crippen LogP contribution in [0.5, 0.6) is 5.75 Å². The number of hydrogen-bond donors (Lipinski definition) is 4. The van der Waals surface area contributed by atoms with E-state index in [0.717, 1.165) is 27.6 Å². The molecular formula is C27H27BN4O4. The number of rotatable bonds is 9. The second-order valence-electron chi connectivity index (χ2n) is 8.50. The lowest BCUT2D eigenvalue weighted by atomic mass is 9.79. The molecule has 3 aromatic carbocycles. The zero-order valence-electron chi connectivity index (χ0n) is 20.2. The Kier molecular flexibility index (Phi) is 6.86. The Hall–Kier alpha value is -3.92. The number of methoxy groups -OCH3 is 1. The molecule has 0 fully saturated rings. The van der Waals surface area contributed by atoms with Crippen molar-refractivity contribution in [3.05, 3.63) is 78.0 Å². The van der Waals surface area contributed by atoms with E-state index in [1.807, 2.05) is 49.4 Å². The molecular weight excluding hydrogens is 455 g/mol. The van der Waals surface area contributed by atoms with Gasteiger partial charge >= 0.3 is 7.12 Å². The van der Waals surface area contributed by atoms with Gasteiger partial charge in [0, 0.05) is 46.7 Å². The minimum atomic E-state index is -1.60. The van der Waals surface area contributed by atoms with Crippen molar-refractivity contribution in [2.45, 2.75) is 13.5 Å². The Bertz CT molecular complexity index is 1500. The number of aryl methyl sites for hydroxylation is 1. The van der Waals surface area contributed by atoms with E-state index >= 15 is 0 Å². The smallest absolute Gasteiger partial charge is 0.489 e. The zero-order valence-corrected chi connectivity index (χ0v) is 20.2. The first-order chi connectivity index (χ1) is 17.6. The molecule has 4 N–H and O–H groups in total. The van der Waals surface area contributed by atoms with Crippen LogP contribution in [-0.4, -0.2) is 52.4 Å². The molecule has 5 rings (SSSR count). The number of fused-ring (bicyclic) bond motifs is 2. The molecule has 182 valence electrons. The van der Waals surface area contributed by atoms with Gasteiger partial charge in [-0.1, -0.05) is 54.6 Å². The minimum absolute atomic E-state index is 0.394. The van der Waals surface area contributed by atoms with Crippen LogP contribution in [0.3, 0.4) is 0 Å². The molecule has 2 aromatic heterocycles. The van der Waals surface area contributed by atoms with Gasteiger partial charge in [-0.15, -0.1) is 0 Å². The Morgan fingerprint density at radius 1 is 0.917 bits per heavy atom. The van der Waals surface area contributed by atoms with Crippen LogP contribution in [0, 0.1) is 6.92 Å². The third-order valence-corrected chi connectivity index (χ3v) is 6.09. The number of H-pyrrole nitrogens is 1. The highest BCUT2D eigenvalue weighted by atomic mass is 16.5. The van der Waals surface area contributed by atoms with Crippen LogP contribution in [0.4, 0.5) is 5.82 Å². The Balaban J connectivity index is 1.67. The molecule has 0 aliphatic heterocycles.